The van der Waals surface area contributed by atoms with Crippen molar-refractivity contribution in [3.8, 4) is 0 Å². The van der Waals surface area contributed by atoms with Gasteiger partial charge in [0.1, 0.15) is 0 Å². The van der Waals surface area contributed by atoms with Gasteiger partial charge in [-0.15, -0.1) is 0 Å². The van der Waals surface area contributed by atoms with Crippen LogP contribution in [0, 0.1) is 19.8 Å². The molecule has 0 aromatic heterocycles. The van der Waals surface area contributed by atoms with Crippen molar-refractivity contribution in [2.45, 2.75) is 46.6 Å². The zero-order valence-electron chi connectivity index (χ0n) is 14.5. The lowest BCUT2D eigenvalue weighted by Gasteiger charge is -2.32. The van der Waals surface area contributed by atoms with E-state index in [-0.39, 0.29) is 23.9 Å². The highest BCUT2D eigenvalue weighted by Crippen LogP contribution is 2.21. The number of hydrogen-bond acceptors (Lipinski definition) is 2. The molecule has 1 fully saturated rings. The van der Waals surface area contributed by atoms with E-state index in [1.165, 1.54) is 11.1 Å². The first-order chi connectivity index (χ1) is 10.9. The Morgan fingerprint density at radius 2 is 1.78 bits per heavy atom. The highest BCUT2D eigenvalue weighted by atomic mass is 16.2. The van der Waals surface area contributed by atoms with Gasteiger partial charge in [0, 0.05) is 30.7 Å². The monoisotopic (exact) mass is 317 g/mol. The number of aryl methyl sites for hydroxylation is 2. The molecule has 3 amide bonds. The van der Waals surface area contributed by atoms with Crippen molar-refractivity contribution < 1.29 is 9.59 Å². The minimum atomic E-state index is -0.0342. The Bertz CT molecular complexity index is 576. The van der Waals surface area contributed by atoms with Crippen molar-refractivity contribution in [3.05, 3.63) is 29.3 Å². The maximum absolute atomic E-state index is 12.4. The molecule has 1 aromatic carbocycles. The summed E-state index contributed by atoms with van der Waals surface area (Å²) in [4.78, 5) is 26.1. The summed E-state index contributed by atoms with van der Waals surface area (Å²) < 4.78 is 0. The summed E-state index contributed by atoms with van der Waals surface area (Å²) in [5, 5.41) is 5.89. The second-order valence-electron chi connectivity index (χ2n) is 6.65. The topological polar surface area (TPSA) is 61.4 Å². The minimum absolute atomic E-state index is 0.0280. The number of anilines is 1. The van der Waals surface area contributed by atoms with Gasteiger partial charge >= 0.3 is 6.03 Å². The van der Waals surface area contributed by atoms with Crippen LogP contribution in [-0.2, 0) is 4.79 Å². The molecule has 5 nitrogen and oxygen atoms in total. The Morgan fingerprint density at radius 1 is 1.13 bits per heavy atom. The van der Waals surface area contributed by atoms with Crippen LogP contribution in [0.4, 0.5) is 10.5 Å². The Kier molecular flexibility index (Phi) is 5.64. The molecule has 5 heteroatoms. The van der Waals surface area contributed by atoms with Crippen LogP contribution in [0.15, 0.2) is 18.2 Å². The third kappa shape index (κ3) is 4.71. The van der Waals surface area contributed by atoms with Crippen LogP contribution in [0.5, 0.6) is 0 Å². The van der Waals surface area contributed by atoms with Crippen LogP contribution < -0.4 is 10.6 Å². The Balaban J connectivity index is 1.86. The van der Waals surface area contributed by atoms with Gasteiger partial charge in [0.25, 0.3) is 0 Å². The fraction of sp³-hybridized carbons (Fsp3) is 0.556. The Morgan fingerprint density at radius 3 is 2.35 bits per heavy atom. The van der Waals surface area contributed by atoms with Gasteiger partial charge < -0.3 is 15.5 Å². The number of amides is 3. The van der Waals surface area contributed by atoms with Crippen molar-refractivity contribution in [1.82, 2.24) is 10.2 Å². The van der Waals surface area contributed by atoms with Crippen LogP contribution in [0.25, 0.3) is 0 Å². The number of benzene rings is 1. The number of carbonyl (C=O) groups excluding carboxylic acids is 2. The molecule has 0 bridgehead atoms. The van der Waals surface area contributed by atoms with Crippen molar-refractivity contribution in [1.29, 1.82) is 0 Å². The maximum Gasteiger partial charge on any atom is 0.317 e. The van der Waals surface area contributed by atoms with Crippen LogP contribution in [0.1, 0.15) is 37.8 Å². The number of nitrogens with one attached hydrogen (secondary N) is 2. The van der Waals surface area contributed by atoms with Gasteiger partial charge in [-0.3, -0.25) is 4.79 Å². The number of nitrogens with zero attached hydrogens (tertiary/aromatic N) is 1. The number of piperidine rings is 1. The van der Waals surface area contributed by atoms with Crippen LogP contribution in [0.2, 0.25) is 0 Å². The molecule has 1 aliphatic heterocycles. The molecule has 0 saturated carbocycles. The highest BCUT2D eigenvalue weighted by Gasteiger charge is 2.27. The standard InChI is InChI=1S/C18H27N3O2/c1-12(2)19-18(23)21-9-7-15(8-10-21)17(22)20-16-6-5-13(3)14(4)11-16/h5-6,11-12,15H,7-10H2,1-4H3,(H,19,23)(H,20,22). The number of likely N-dealkylation sites (tertiary alicyclic amines) is 1. The van der Waals surface area contributed by atoms with Crippen LogP contribution >= 0.6 is 0 Å². The molecule has 1 aromatic rings. The van der Waals surface area contributed by atoms with E-state index in [2.05, 4.69) is 17.6 Å². The van der Waals surface area contributed by atoms with Gasteiger partial charge in [-0.05, 0) is 63.8 Å². The first-order valence-corrected chi connectivity index (χ1v) is 8.30. The lowest BCUT2D eigenvalue weighted by Crippen LogP contribution is -2.47. The normalized spacial score (nSPS) is 15.6. The van der Waals surface area contributed by atoms with Gasteiger partial charge in [-0.1, -0.05) is 6.07 Å². The SMILES string of the molecule is Cc1ccc(NC(=O)C2CCN(C(=O)NC(C)C)CC2)cc1C. The average molecular weight is 317 g/mol. The summed E-state index contributed by atoms with van der Waals surface area (Å²) in [6, 6.07) is 6.05. The second-order valence-corrected chi connectivity index (χ2v) is 6.65. The summed E-state index contributed by atoms with van der Waals surface area (Å²) >= 11 is 0. The quantitative estimate of drug-likeness (QED) is 0.900. The molecular formula is C18H27N3O2. The summed E-state index contributed by atoms with van der Waals surface area (Å²) in [6.45, 7) is 9.24. The van der Waals surface area contributed by atoms with Crippen molar-refractivity contribution in [2.24, 2.45) is 5.92 Å². The van der Waals surface area contributed by atoms with E-state index >= 15 is 0 Å². The van der Waals surface area contributed by atoms with E-state index < -0.39 is 0 Å². The molecule has 126 valence electrons. The van der Waals surface area contributed by atoms with Gasteiger partial charge in [0.2, 0.25) is 5.91 Å². The van der Waals surface area contributed by atoms with E-state index in [0.29, 0.717) is 25.9 Å². The molecule has 23 heavy (non-hydrogen) atoms. The van der Waals surface area contributed by atoms with Gasteiger partial charge in [-0.25, -0.2) is 4.79 Å². The molecule has 0 unspecified atom stereocenters. The van der Waals surface area contributed by atoms with Crippen LogP contribution in [0.3, 0.4) is 0 Å². The lowest BCUT2D eigenvalue weighted by molar-refractivity contribution is -0.121. The number of carbonyl (C=O) groups is 2. The average Bonchev–Trinajstić information content (AvgIpc) is 2.50. The molecule has 1 aliphatic rings. The molecule has 1 heterocycles. The van der Waals surface area contributed by atoms with Crippen molar-refractivity contribution >= 4 is 17.6 Å². The minimum Gasteiger partial charge on any atom is -0.336 e. The first-order valence-electron chi connectivity index (χ1n) is 8.30. The molecule has 1 saturated heterocycles. The summed E-state index contributed by atoms with van der Waals surface area (Å²) in [5.74, 6) is 0.0249. The molecular weight excluding hydrogens is 290 g/mol. The summed E-state index contributed by atoms with van der Waals surface area (Å²) in [5.41, 5.74) is 3.23. The zero-order chi connectivity index (χ0) is 17.0. The van der Waals surface area contributed by atoms with E-state index in [0.717, 1.165) is 5.69 Å². The second kappa shape index (κ2) is 7.49. The van der Waals surface area contributed by atoms with Crippen molar-refractivity contribution in [2.75, 3.05) is 18.4 Å². The summed E-state index contributed by atoms with van der Waals surface area (Å²) in [7, 11) is 0. The number of hydrogen-bond donors (Lipinski definition) is 2. The highest BCUT2D eigenvalue weighted by molar-refractivity contribution is 5.92. The van der Waals surface area contributed by atoms with Crippen molar-refractivity contribution in [3.63, 3.8) is 0 Å². The summed E-state index contributed by atoms with van der Waals surface area (Å²) in [6.07, 6.45) is 1.42. The third-order valence-corrected chi connectivity index (χ3v) is 4.34. The van der Waals surface area contributed by atoms with E-state index in [4.69, 9.17) is 0 Å². The smallest absolute Gasteiger partial charge is 0.317 e. The molecule has 2 N–H and O–H groups in total. The van der Waals surface area contributed by atoms with E-state index in [1.54, 1.807) is 4.90 Å². The van der Waals surface area contributed by atoms with E-state index in [1.807, 2.05) is 39.0 Å². The molecule has 2 rings (SSSR count). The molecule has 0 radical (unpaired) electrons. The zero-order valence-corrected chi connectivity index (χ0v) is 14.5. The van der Waals surface area contributed by atoms with Gasteiger partial charge in [-0.2, -0.15) is 0 Å². The molecule has 0 atom stereocenters. The fourth-order valence-corrected chi connectivity index (χ4v) is 2.75. The predicted octanol–water partition coefficient (Wildman–Crippen LogP) is 3.07. The van der Waals surface area contributed by atoms with Crippen LogP contribution in [-0.4, -0.2) is 36.0 Å². The van der Waals surface area contributed by atoms with Gasteiger partial charge in [0.05, 0.1) is 0 Å². The predicted molar refractivity (Wildman–Crippen MR) is 92.5 cm³/mol. The molecule has 0 aliphatic carbocycles. The third-order valence-electron chi connectivity index (χ3n) is 4.34. The van der Waals surface area contributed by atoms with E-state index in [9.17, 15) is 9.59 Å². The maximum atomic E-state index is 12.4. The van der Waals surface area contributed by atoms with Gasteiger partial charge in [0.15, 0.2) is 0 Å². The molecule has 0 spiro atoms. The number of urea groups is 1. The number of rotatable bonds is 3. The first kappa shape index (κ1) is 17.3. The fourth-order valence-electron chi connectivity index (χ4n) is 2.75. The Hall–Kier alpha value is -2.04. The largest absolute Gasteiger partial charge is 0.336 e. The Labute approximate surface area is 138 Å². The lowest BCUT2D eigenvalue weighted by atomic mass is 9.96.